The number of hydrogen-bond acceptors (Lipinski definition) is 7. The fourth-order valence-corrected chi connectivity index (χ4v) is 6.11. The second-order valence-electron chi connectivity index (χ2n) is 10.6. The number of amides is 1. The van der Waals surface area contributed by atoms with Crippen molar-refractivity contribution in [1.29, 1.82) is 0 Å². The lowest BCUT2D eigenvalue weighted by molar-refractivity contribution is -0.139. The molecule has 1 saturated carbocycles. The van der Waals surface area contributed by atoms with Crippen molar-refractivity contribution >= 4 is 38.2 Å². The number of fused-ring (bicyclic) bond motifs is 1. The molecule has 0 bridgehead atoms. The average Bonchev–Trinajstić information content (AvgIpc) is 2.96. The molecule has 1 aliphatic carbocycles. The Morgan fingerprint density at radius 3 is 2.32 bits per heavy atom. The van der Waals surface area contributed by atoms with E-state index in [1.54, 1.807) is 0 Å². The fourth-order valence-electron chi connectivity index (χ4n) is 5.35. The largest absolute Gasteiger partial charge is 0.501 e. The fraction of sp³-hybridized carbons (Fsp3) is 0.448. The number of rotatable bonds is 7. The Labute approximate surface area is 237 Å². The standard InChI is InChI=1S/C29H33F3N4O4S/c1-20-2-12-26-21(18-20)3-13-27(34-26)35-14-16-36(17-15-35)28(37)19-40-24-8-4-22(5-9-24)33-23-6-10-25(11-7-23)41(38,39)29(30,31)32/h2-3,6-7,10-13,18,22,24,33H,4-5,8-9,14-17,19H2,1H3. The van der Waals surface area contributed by atoms with Crippen LogP contribution in [0.2, 0.25) is 0 Å². The summed E-state index contributed by atoms with van der Waals surface area (Å²) in [5.41, 5.74) is -2.62. The maximum atomic E-state index is 12.8. The highest BCUT2D eigenvalue weighted by Gasteiger charge is 2.46. The van der Waals surface area contributed by atoms with Gasteiger partial charge in [0.05, 0.1) is 16.5 Å². The van der Waals surface area contributed by atoms with Crippen LogP contribution >= 0.6 is 0 Å². The summed E-state index contributed by atoms with van der Waals surface area (Å²) in [6.07, 6.45) is 2.97. The molecule has 1 aromatic heterocycles. The van der Waals surface area contributed by atoms with Gasteiger partial charge in [0.15, 0.2) is 0 Å². The van der Waals surface area contributed by atoms with Crippen LogP contribution < -0.4 is 10.2 Å². The van der Waals surface area contributed by atoms with Gasteiger partial charge in [-0.1, -0.05) is 11.6 Å². The number of carbonyl (C=O) groups is 1. The van der Waals surface area contributed by atoms with Gasteiger partial charge in [-0.05, 0) is 81.1 Å². The predicted octanol–water partition coefficient (Wildman–Crippen LogP) is 4.93. The number of sulfone groups is 1. The van der Waals surface area contributed by atoms with Gasteiger partial charge in [-0.2, -0.15) is 13.2 Å². The summed E-state index contributed by atoms with van der Waals surface area (Å²) in [4.78, 5) is 20.8. The highest BCUT2D eigenvalue weighted by molar-refractivity contribution is 7.92. The quantitative estimate of drug-likeness (QED) is 0.418. The van der Waals surface area contributed by atoms with Crippen LogP contribution in [0.1, 0.15) is 31.2 Å². The Morgan fingerprint density at radius 1 is 0.976 bits per heavy atom. The minimum Gasteiger partial charge on any atom is -0.382 e. The molecule has 2 aromatic carbocycles. The third-order valence-electron chi connectivity index (χ3n) is 7.74. The number of ether oxygens (including phenoxy) is 1. The molecule has 1 saturated heterocycles. The van der Waals surface area contributed by atoms with E-state index in [0.717, 1.165) is 54.5 Å². The number of aryl methyl sites for hydroxylation is 1. The lowest BCUT2D eigenvalue weighted by atomic mass is 9.93. The first kappa shape index (κ1) is 29.1. The number of piperazine rings is 1. The third kappa shape index (κ3) is 6.75. The van der Waals surface area contributed by atoms with Crippen LogP contribution in [0.3, 0.4) is 0 Å². The molecule has 3 aromatic rings. The molecule has 0 radical (unpaired) electrons. The van der Waals surface area contributed by atoms with Crippen molar-refractivity contribution in [2.75, 3.05) is 43.0 Å². The first-order valence-corrected chi connectivity index (χ1v) is 15.2. The number of benzene rings is 2. The summed E-state index contributed by atoms with van der Waals surface area (Å²) in [5, 5.41) is 4.36. The Balaban J connectivity index is 1.03. The van der Waals surface area contributed by atoms with Crippen LogP contribution in [0.15, 0.2) is 59.5 Å². The summed E-state index contributed by atoms with van der Waals surface area (Å²) in [6, 6.07) is 15.0. The molecule has 2 fully saturated rings. The molecule has 1 N–H and O–H groups in total. The number of pyridine rings is 1. The van der Waals surface area contributed by atoms with E-state index < -0.39 is 20.2 Å². The summed E-state index contributed by atoms with van der Waals surface area (Å²) < 4.78 is 67.2. The Kier molecular flexibility index (Phi) is 8.42. The van der Waals surface area contributed by atoms with Crippen molar-refractivity contribution < 1.29 is 31.1 Å². The van der Waals surface area contributed by atoms with Crippen LogP contribution in [-0.4, -0.2) is 74.6 Å². The minimum absolute atomic E-state index is 0.0271. The van der Waals surface area contributed by atoms with Crippen molar-refractivity contribution in [2.45, 2.75) is 55.2 Å². The summed E-state index contributed by atoms with van der Waals surface area (Å²) in [6.45, 7) is 4.72. The number of halogens is 3. The van der Waals surface area contributed by atoms with E-state index in [-0.39, 0.29) is 24.7 Å². The van der Waals surface area contributed by atoms with Crippen molar-refractivity contribution in [3.8, 4) is 0 Å². The second kappa shape index (κ2) is 11.8. The SMILES string of the molecule is Cc1ccc2nc(N3CCN(C(=O)COC4CCC(Nc5ccc(S(=O)(=O)C(F)(F)F)cc5)CC4)CC3)ccc2c1. The van der Waals surface area contributed by atoms with Crippen LogP contribution in [-0.2, 0) is 19.4 Å². The highest BCUT2D eigenvalue weighted by atomic mass is 32.2. The number of carbonyl (C=O) groups excluding carboxylic acids is 1. The number of anilines is 2. The molecule has 0 atom stereocenters. The normalized spacial score (nSPS) is 20.3. The number of hydrogen-bond donors (Lipinski definition) is 1. The van der Waals surface area contributed by atoms with Gasteiger partial charge in [0.2, 0.25) is 5.91 Å². The molecule has 1 amide bonds. The van der Waals surface area contributed by atoms with Crippen molar-refractivity contribution in [3.63, 3.8) is 0 Å². The minimum atomic E-state index is -5.36. The topological polar surface area (TPSA) is 91.8 Å². The Hall–Kier alpha value is -3.38. The van der Waals surface area contributed by atoms with E-state index >= 15 is 0 Å². The van der Waals surface area contributed by atoms with Crippen LogP contribution in [0, 0.1) is 6.92 Å². The van der Waals surface area contributed by atoms with Crippen molar-refractivity contribution in [1.82, 2.24) is 9.88 Å². The van der Waals surface area contributed by atoms with Crippen molar-refractivity contribution in [2.24, 2.45) is 0 Å². The van der Waals surface area contributed by atoms with Crippen LogP contribution in [0.4, 0.5) is 24.7 Å². The van der Waals surface area contributed by atoms with Crippen LogP contribution in [0.25, 0.3) is 10.9 Å². The first-order valence-electron chi connectivity index (χ1n) is 13.7. The summed E-state index contributed by atoms with van der Waals surface area (Å²) >= 11 is 0. The van der Waals surface area contributed by atoms with Gasteiger partial charge in [-0.15, -0.1) is 0 Å². The zero-order chi connectivity index (χ0) is 29.2. The van der Waals surface area contributed by atoms with Gasteiger partial charge in [0.25, 0.3) is 9.84 Å². The van der Waals surface area contributed by atoms with Crippen molar-refractivity contribution in [3.05, 3.63) is 60.2 Å². The number of aromatic nitrogens is 1. The lowest BCUT2D eigenvalue weighted by Crippen LogP contribution is -2.50. The molecule has 2 heterocycles. The predicted molar refractivity (Wildman–Crippen MR) is 151 cm³/mol. The van der Waals surface area contributed by atoms with E-state index in [4.69, 9.17) is 9.72 Å². The molecule has 12 heteroatoms. The molecule has 0 spiro atoms. The van der Waals surface area contributed by atoms with Gasteiger partial charge in [-0.25, -0.2) is 13.4 Å². The molecule has 0 unspecified atom stereocenters. The molecular formula is C29H33F3N4O4S. The zero-order valence-electron chi connectivity index (χ0n) is 22.7. The maximum absolute atomic E-state index is 12.8. The third-order valence-corrected chi connectivity index (χ3v) is 9.25. The first-order chi connectivity index (χ1) is 19.5. The van der Waals surface area contributed by atoms with Gasteiger partial charge < -0.3 is 19.9 Å². The number of alkyl halides is 3. The number of nitrogens with one attached hydrogen (secondary N) is 1. The summed E-state index contributed by atoms with van der Waals surface area (Å²) in [5.74, 6) is 0.887. The van der Waals surface area contributed by atoms with Gasteiger partial charge in [0.1, 0.15) is 12.4 Å². The molecule has 1 aliphatic heterocycles. The molecular weight excluding hydrogens is 557 g/mol. The zero-order valence-corrected chi connectivity index (χ0v) is 23.5. The highest BCUT2D eigenvalue weighted by Crippen LogP contribution is 2.31. The monoisotopic (exact) mass is 590 g/mol. The maximum Gasteiger partial charge on any atom is 0.501 e. The van der Waals surface area contributed by atoms with E-state index in [0.29, 0.717) is 31.9 Å². The van der Waals surface area contributed by atoms with Gasteiger partial charge >= 0.3 is 5.51 Å². The van der Waals surface area contributed by atoms with E-state index in [1.165, 1.54) is 17.7 Å². The molecule has 5 rings (SSSR count). The molecule has 220 valence electrons. The van der Waals surface area contributed by atoms with Gasteiger partial charge in [-0.3, -0.25) is 4.79 Å². The van der Waals surface area contributed by atoms with E-state index in [2.05, 4.69) is 35.3 Å². The second-order valence-corrected chi connectivity index (χ2v) is 12.6. The van der Waals surface area contributed by atoms with Gasteiger partial charge in [0, 0.05) is 43.3 Å². The average molecular weight is 591 g/mol. The van der Waals surface area contributed by atoms with Crippen LogP contribution in [0.5, 0.6) is 0 Å². The number of nitrogens with zero attached hydrogens (tertiary/aromatic N) is 3. The smallest absolute Gasteiger partial charge is 0.382 e. The Morgan fingerprint density at radius 2 is 1.66 bits per heavy atom. The lowest BCUT2D eigenvalue weighted by Gasteiger charge is -2.36. The molecule has 2 aliphatic rings. The summed E-state index contributed by atoms with van der Waals surface area (Å²) in [7, 11) is -5.36. The molecule has 41 heavy (non-hydrogen) atoms. The van der Waals surface area contributed by atoms with E-state index in [9.17, 15) is 26.4 Å². The Bertz CT molecular complexity index is 1480. The molecule has 8 nitrogen and oxygen atoms in total. The van der Waals surface area contributed by atoms with E-state index in [1.807, 2.05) is 17.0 Å².